The molecule has 0 aliphatic carbocycles. The van der Waals surface area contributed by atoms with Crippen LogP contribution in [0.5, 0.6) is 0 Å². The van der Waals surface area contributed by atoms with E-state index in [1.165, 1.54) is 19.3 Å². The fourth-order valence-corrected chi connectivity index (χ4v) is 2.28. The molecule has 4 heteroatoms. The molecule has 0 bridgehead atoms. The lowest BCUT2D eigenvalue weighted by molar-refractivity contribution is 0.0736. The lowest BCUT2D eigenvalue weighted by Crippen LogP contribution is -2.34. The Labute approximate surface area is 108 Å². The molecular weight excluding hydrogens is 226 g/mol. The van der Waals surface area contributed by atoms with Gasteiger partial charge in [-0.2, -0.15) is 0 Å². The molecule has 1 aliphatic heterocycles. The highest BCUT2D eigenvalue weighted by atomic mass is 16.2. The normalized spacial score (nSPS) is 17.1. The molecule has 1 aliphatic rings. The van der Waals surface area contributed by atoms with Gasteiger partial charge in [0.15, 0.2) is 0 Å². The van der Waals surface area contributed by atoms with Crippen molar-refractivity contribution in [2.24, 2.45) is 5.73 Å². The third-order valence-electron chi connectivity index (χ3n) is 3.42. The summed E-state index contributed by atoms with van der Waals surface area (Å²) in [5.74, 6) is 0.0560. The predicted octanol–water partition coefficient (Wildman–Crippen LogP) is 1.95. The molecule has 0 atom stereocenters. The monoisotopic (exact) mass is 247 g/mol. The minimum atomic E-state index is 0.0560. The maximum absolute atomic E-state index is 12.3. The molecule has 0 radical (unpaired) electrons. The van der Waals surface area contributed by atoms with E-state index in [-0.39, 0.29) is 5.91 Å². The Morgan fingerprint density at radius 3 is 2.39 bits per heavy atom. The van der Waals surface area contributed by atoms with Crippen molar-refractivity contribution < 1.29 is 4.79 Å². The van der Waals surface area contributed by atoms with Crippen molar-refractivity contribution >= 4 is 5.91 Å². The van der Waals surface area contributed by atoms with Crippen molar-refractivity contribution in [2.45, 2.75) is 38.6 Å². The van der Waals surface area contributed by atoms with Gasteiger partial charge in [-0.25, -0.2) is 0 Å². The first-order valence-electron chi connectivity index (χ1n) is 6.75. The second kappa shape index (κ2) is 6.50. The van der Waals surface area contributed by atoms with Crippen LogP contribution in [0.2, 0.25) is 0 Å². The summed E-state index contributed by atoms with van der Waals surface area (Å²) in [5, 5.41) is 0. The second-order valence-corrected chi connectivity index (χ2v) is 4.82. The van der Waals surface area contributed by atoms with Crippen LogP contribution in [-0.4, -0.2) is 28.9 Å². The van der Waals surface area contributed by atoms with Crippen molar-refractivity contribution in [1.29, 1.82) is 0 Å². The van der Waals surface area contributed by atoms with E-state index in [1.54, 1.807) is 12.3 Å². The Morgan fingerprint density at radius 2 is 1.83 bits per heavy atom. The van der Waals surface area contributed by atoms with E-state index in [1.807, 2.05) is 11.0 Å². The van der Waals surface area contributed by atoms with Crippen LogP contribution >= 0.6 is 0 Å². The molecule has 18 heavy (non-hydrogen) atoms. The smallest absolute Gasteiger partial charge is 0.272 e. The number of hydrogen-bond acceptors (Lipinski definition) is 3. The van der Waals surface area contributed by atoms with Crippen LogP contribution < -0.4 is 5.73 Å². The highest BCUT2D eigenvalue weighted by Gasteiger charge is 2.17. The van der Waals surface area contributed by atoms with Gasteiger partial charge in [0.25, 0.3) is 5.91 Å². The third-order valence-corrected chi connectivity index (χ3v) is 3.42. The number of likely N-dealkylation sites (tertiary alicyclic amines) is 1. The topological polar surface area (TPSA) is 59.2 Å². The summed E-state index contributed by atoms with van der Waals surface area (Å²) in [6.07, 6.45) is 7.65. The van der Waals surface area contributed by atoms with Gasteiger partial charge in [-0.1, -0.05) is 25.3 Å². The van der Waals surface area contributed by atoms with Gasteiger partial charge < -0.3 is 10.6 Å². The molecule has 0 aromatic carbocycles. The van der Waals surface area contributed by atoms with Crippen LogP contribution in [0.3, 0.4) is 0 Å². The molecule has 98 valence electrons. The van der Waals surface area contributed by atoms with E-state index in [9.17, 15) is 4.79 Å². The molecular formula is C14H21N3O. The van der Waals surface area contributed by atoms with Crippen molar-refractivity contribution in [1.82, 2.24) is 9.88 Å². The van der Waals surface area contributed by atoms with Gasteiger partial charge >= 0.3 is 0 Å². The number of pyridine rings is 1. The maximum atomic E-state index is 12.3. The summed E-state index contributed by atoms with van der Waals surface area (Å²) in [6, 6.07) is 3.66. The first-order chi connectivity index (χ1) is 8.81. The minimum Gasteiger partial charge on any atom is -0.337 e. The van der Waals surface area contributed by atoms with Crippen LogP contribution in [-0.2, 0) is 6.54 Å². The molecule has 1 saturated heterocycles. The summed E-state index contributed by atoms with van der Waals surface area (Å²) >= 11 is 0. The molecule has 2 heterocycles. The SMILES string of the molecule is NCc1ccc(C(=O)N2CCCCCCC2)nc1. The standard InChI is InChI=1S/C14H21N3O/c15-10-12-6-7-13(16-11-12)14(18)17-8-4-2-1-3-5-9-17/h6-7,11H,1-5,8-10,15H2. The van der Waals surface area contributed by atoms with Gasteiger partial charge in [0, 0.05) is 25.8 Å². The largest absolute Gasteiger partial charge is 0.337 e. The van der Waals surface area contributed by atoms with Gasteiger partial charge in [0.2, 0.25) is 0 Å². The van der Waals surface area contributed by atoms with Crippen molar-refractivity contribution in [3.05, 3.63) is 29.6 Å². The van der Waals surface area contributed by atoms with Crippen LogP contribution in [0.1, 0.15) is 48.2 Å². The van der Waals surface area contributed by atoms with Gasteiger partial charge in [0.1, 0.15) is 5.69 Å². The number of nitrogens with two attached hydrogens (primary N) is 1. The van der Waals surface area contributed by atoms with Crippen molar-refractivity contribution in [3.8, 4) is 0 Å². The highest BCUT2D eigenvalue weighted by Crippen LogP contribution is 2.13. The lowest BCUT2D eigenvalue weighted by atomic mass is 10.1. The summed E-state index contributed by atoms with van der Waals surface area (Å²) in [7, 11) is 0. The quantitative estimate of drug-likeness (QED) is 0.869. The maximum Gasteiger partial charge on any atom is 0.272 e. The molecule has 1 fully saturated rings. The molecule has 1 aromatic rings. The van der Waals surface area contributed by atoms with E-state index >= 15 is 0 Å². The van der Waals surface area contributed by atoms with Gasteiger partial charge in [-0.15, -0.1) is 0 Å². The highest BCUT2D eigenvalue weighted by molar-refractivity contribution is 5.92. The third kappa shape index (κ3) is 3.29. The van der Waals surface area contributed by atoms with Gasteiger partial charge in [-0.3, -0.25) is 9.78 Å². The predicted molar refractivity (Wildman–Crippen MR) is 71.1 cm³/mol. The van der Waals surface area contributed by atoms with Crippen LogP contribution in [0, 0.1) is 0 Å². The summed E-state index contributed by atoms with van der Waals surface area (Å²) < 4.78 is 0. The van der Waals surface area contributed by atoms with E-state index in [4.69, 9.17) is 5.73 Å². The molecule has 4 nitrogen and oxygen atoms in total. The molecule has 0 spiro atoms. The molecule has 0 unspecified atom stereocenters. The fraction of sp³-hybridized carbons (Fsp3) is 0.571. The number of carbonyl (C=O) groups is 1. The summed E-state index contributed by atoms with van der Waals surface area (Å²) in [5.41, 5.74) is 7.01. The zero-order valence-corrected chi connectivity index (χ0v) is 10.8. The number of aromatic nitrogens is 1. The average Bonchev–Trinajstić information content (AvgIpc) is 2.38. The first kappa shape index (κ1) is 13.0. The van der Waals surface area contributed by atoms with E-state index in [2.05, 4.69) is 4.98 Å². The minimum absolute atomic E-state index is 0.0560. The lowest BCUT2D eigenvalue weighted by Gasteiger charge is -2.24. The Balaban J connectivity index is 2.03. The number of rotatable bonds is 2. The summed E-state index contributed by atoms with van der Waals surface area (Å²) in [4.78, 5) is 18.4. The second-order valence-electron chi connectivity index (χ2n) is 4.82. The number of carbonyl (C=O) groups excluding carboxylic acids is 1. The summed E-state index contributed by atoms with van der Waals surface area (Å²) in [6.45, 7) is 2.18. The van der Waals surface area contributed by atoms with Gasteiger partial charge in [0.05, 0.1) is 0 Å². The van der Waals surface area contributed by atoms with E-state index in [0.29, 0.717) is 12.2 Å². The van der Waals surface area contributed by atoms with Crippen LogP contribution in [0.25, 0.3) is 0 Å². The van der Waals surface area contributed by atoms with Gasteiger partial charge in [-0.05, 0) is 24.5 Å². The number of amides is 1. The van der Waals surface area contributed by atoms with Crippen molar-refractivity contribution in [3.63, 3.8) is 0 Å². The Kier molecular flexibility index (Phi) is 4.70. The molecule has 2 N–H and O–H groups in total. The van der Waals surface area contributed by atoms with Crippen LogP contribution in [0.4, 0.5) is 0 Å². The zero-order chi connectivity index (χ0) is 12.8. The van der Waals surface area contributed by atoms with E-state index in [0.717, 1.165) is 31.5 Å². The molecule has 1 aromatic heterocycles. The molecule has 0 saturated carbocycles. The Hall–Kier alpha value is -1.42. The Bertz CT molecular complexity index is 381. The fourth-order valence-electron chi connectivity index (χ4n) is 2.28. The van der Waals surface area contributed by atoms with Crippen LogP contribution in [0.15, 0.2) is 18.3 Å². The Morgan fingerprint density at radius 1 is 1.17 bits per heavy atom. The molecule has 1 amide bonds. The van der Waals surface area contributed by atoms with Crippen molar-refractivity contribution in [2.75, 3.05) is 13.1 Å². The first-order valence-corrected chi connectivity index (χ1v) is 6.75. The number of hydrogen-bond donors (Lipinski definition) is 1. The average molecular weight is 247 g/mol. The molecule has 2 rings (SSSR count). The van der Waals surface area contributed by atoms with E-state index < -0.39 is 0 Å². The number of nitrogens with zero attached hydrogens (tertiary/aromatic N) is 2. The zero-order valence-electron chi connectivity index (χ0n) is 10.8.